The van der Waals surface area contributed by atoms with E-state index in [0.29, 0.717) is 11.0 Å². The molecule has 108 valence electrons. The quantitative estimate of drug-likeness (QED) is 0.812. The molecule has 0 fully saturated rings. The molecule has 1 aromatic rings. The Bertz CT molecular complexity index is 416. The van der Waals surface area contributed by atoms with E-state index in [9.17, 15) is 10.2 Å². The first-order valence-corrected chi connectivity index (χ1v) is 7.06. The van der Waals surface area contributed by atoms with Crippen LogP contribution in [0.5, 0.6) is 11.5 Å². The maximum Gasteiger partial charge on any atom is 0.122 e. The molecule has 0 atom stereocenters. The number of phenols is 2. The number of rotatable bonds is 4. The molecule has 0 saturated heterocycles. The highest BCUT2D eigenvalue weighted by Gasteiger charge is 2.23. The highest BCUT2D eigenvalue weighted by Crippen LogP contribution is 2.37. The van der Waals surface area contributed by atoms with Gasteiger partial charge in [0.1, 0.15) is 11.5 Å². The molecule has 0 aliphatic rings. The molecule has 2 heteroatoms. The molecule has 0 bridgehead atoms. The Kier molecular flexibility index (Phi) is 4.54. The monoisotopic (exact) mass is 264 g/mol. The van der Waals surface area contributed by atoms with Gasteiger partial charge in [0, 0.05) is 5.56 Å². The van der Waals surface area contributed by atoms with Crippen molar-refractivity contribution in [2.75, 3.05) is 0 Å². The van der Waals surface area contributed by atoms with Crippen LogP contribution in [0.1, 0.15) is 65.0 Å². The first kappa shape index (κ1) is 15.9. The number of aromatic hydroxyl groups is 2. The van der Waals surface area contributed by atoms with Crippen molar-refractivity contribution in [3.63, 3.8) is 0 Å². The second kappa shape index (κ2) is 5.44. The maximum absolute atomic E-state index is 9.84. The minimum Gasteiger partial charge on any atom is -0.508 e. The minimum atomic E-state index is -0.0338. The summed E-state index contributed by atoms with van der Waals surface area (Å²) in [5.74, 6) is 0.359. The zero-order chi connectivity index (χ0) is 14.8. The molecule has 1 aromatic carbocycles. The van der Waals surface area contributed by atoms with Gasteiger partial charge < -0.3 is 10.2 Å². The summed E-state index contributed by atoms with van der Waals surface area (Å²) in [5.41, 5.74) is 1.87. The van der Waals surface area contributed by atoms with Gasteiger partial charge in [-0.1, -0.05) is 41.0 Å². The molecule has 1 rings (SSSR count). The Labute approximate surface area is 117 Å². The largest absolute Gasteiger partial charge is 0.508 e. The molecule has 0 unspecified atom stereocenters. The van der Waals surface area contributed by atoms with Crippen molar-refractivity contribution in [3.8, 4) is 11.5 Å². The van der Waals surface area contributed by atoms with Gasteiger partial charge >= 0.3 is 0 Å². The molecule has 0 aromatic heterocycles. The van der Waals surface area contributed by atoms with Gasteiger partial charge in [-0.15, -0.1) is 0 Å². The lowest BCUT2D eigenvalue weighted by molar-refractivity contribution is 0.332. The minimum absolute atomic E-state index is 0.0338. The third-order valence-electron chi connectivity index (χ3n) is 3.86. The predicted molar refractivity (Wildman–Crippen MR) is 80.8 cm³/mol. The molecular formula is C17H28O2. The number of phenolic OH excluding ortho intramolecular Hbond substituents is 2. The van der Waals surface area contributed by atoms with E-state index in [1.807, 2.05) is 0 Å². The molecule has 0 heterocycles. The van der Waals surface area contributed by atoms with Gasteiger partial charge in [-0.25, -0.2) is 0 Å². The molecular weight excluding hydrogens is 236 g/mol. The second-order valence-electron chi connectivity index (χ2n) is 7.44. The van der Waals surface area contributed by atoms with E-state index in [0.717, 1.165) is 18.4 Å². The van der Waals surface area contributed by atoms with E-state index in [1.54, 1.807) is 19.1 Å². The van der Waals surface area contributed by atoms with Crippen LogP contribution in [0.15, 0.2) is 12.1 Å². The van der Waals surface area contributed by atoms with Crippen molar-refractivity contribution < 1.29 is 10.2 Å². The van der Waals surface area contributed by atoms with Crippen LogP contribution in [0.2, 0.25) is 0 Å². The van der Waals surface area contributed by atoms with Gasteiger partial charge in [0.05, 0.1) is 0 Å². The van der Waals surface area contributed by atoms with Crippen molar-refractivity contribution in [1.82, 2.24) is 0 Å². The first-order chi connectivity index (χ1) is 8.53. The van der Waals surface area contributed by atoms with E-state index in [-0.39, 0.29) is 16.9 Å². The van der Waals surface area contributed by atoms with Crippen molar-refractivity contribution in [2.24, 2.45) is 5.41 Å². The molecule has 19 heavy (non-hydrogen) atoms. The summed E-state index contributed by atoms with van der Waals surface area (Å²) in [5, 5.41) is 19.7. The Balaban J connectivity index is 2.82. The Hall–Kier alpha value is -1.18. The summed E-state index contributed by atoms with van der Waals surface area (Å²) < 4.78 is 0. The average molecular weight is 264 g/mol. The molecule has 0 aliphatic carbocycles. The van der Waals surface area contributed by atoms with E-state index in [2.05, 4.69) is 34.6 Å². The fraction of sp³-hybridized carbons (Fsp3) is 0.647. The van der Waals surface area contributed by atoms with Gasteiger partial charge in [-0.3, -0.25) is 0 Å². The highest BCUT2D eigenvalue weighted by molar-refractivity contribution is 5.47. The van der Waals surface area contributed by atoms with Gasteiger partial charge in [0.25, 0.3) is 0 Å². The average Bonchev–Trinajstić information content (AvgIpc) is 2.22. The number of benzene rings is 1. The van der Waals surface area contributed by atoms with E-state index in [1.165, 1.54) is 6.42 Å². The lowest BCUT2D eigenvalue weighted by Gasteiger charge is -2.28. The second-order valence-corrected chi connectivity index (χ2v) is 7.44. The van der Waals surface area contributed by atoms with Gasteiger partial charge in [-0.05, 0) is 48.3 Å². The van der Waals surface area contributed by atoms with Crippen LogP contribution in [0.4, 0.5) is 0 Å². The molecule has 0 saturated carbocycles. The lowest BCUT2D eigenvalue weighted by Crippen LogP contribution is -2.18. The van der Waals surface area contributed by atoms with Crippen molar-refractivity contribution in [2.45, 2.75) is 66.2 Å². The van der Waals surface area contributed by atoms with Gasteiger partial charge in [0.15, 0.2) is 0 Å². The SMILES string of the molecule is Cc1c(O)cc(C(C)(C)CCCC(C)(C)C)cc1O. The van der Waals surface area contributed by atoms with E-state index >= 15 is 0 Å². The third-order valence-corrected chi connectivity index (χ3v) is 3.86. The summed E-state index contributed by atoms with van der Waals surface area (Å²) in [7, 11) is 0. The van der Waals surface area contributed by atoms with Crippen LogP contribution in [0.25, 0.3) is 0 Å². The summed E-state index contributed by atoms with van der Waals surface area (Å²) in [6.45, 7) is 12.8. The van der Waals surface area contributed by atoms with Crippen LogP contribution in [-0.4, -0.2) is 10.2 Å². The molecule has 0 spiro atoms. The first-order valence-electron chi connectivity index (χ1n) is 7.06. The summed E-state index contributed by atoms with van der Waals surface area (Å²) >= 11 is 0. The molecule has 0 radical (unpaired) electrons. The van der Waals surface area contributed by atoms with Crippen LogP contribution >= 0.6 is 0 Å². The Morgan fingerprint density at radius 1 is 0.895 bits per heavy atom. The summed E-state index contributed by atoms with van der Waals surface area (Å²) in [4.78, 5) is 0. The predicted octanol–water partition coefficient (Wildman–Crippen LogP) is 4.90. The zero-order valence-electron chi connectivity index (χ0n) is 13.2. The van der Waals surface area contributed by atoms with Crippen molar-refractivity contribution in [3.05, 3.63) is 23.3 Å². The number of hydrogen-bond donors (Lipinski definition) is 2. The number of hydrogen-bond acceptors (Lipinski definition) is 2. The van der Waals surface area contributed by atoms with E-state index in [4.69, 9.17) is 0 Å². The molecule has 0 amide bonds. The normalized spacial score (nSPS) is 12.7. The van der Waals surface area contributed by atoms with Crippen LogP contribution in [0, 0.1) is 12.3 Å². The van der Waals surface area contributed by atoms with Gasteiger partial charge in [-0.2, -0.15) is 0 Å². The topological polar surface area (TPSA) is 40.5 Å². The molecule has 0 aliphatic heterocycles. The Morgan fingerprint density at radius 2 is 1.37 bits per heavy atom. The summed E-state index contributed by atoms with van der Waals surface area (Å²) in [6, 6.07) is 3.57. The van der Waals surface area contributed by atoms with Crippen LogP contribution in [-0.2, 0) is 5.41 Å². The summed E-state index contributed by atoms with van der Waals surface area (Å²) in [6.07, 6.45) is 3.37. The fourth-order valence-corrected chi connectivity index (χ4v) is 2.28. The van der Waals surface area contributed by atoms with Crippen molar-refractivity contribution in [1.29, 1.82) is 0 Å². The standard InChI is InChI=1S/C17H28O2/c1-12-14(18)10-13(11-15(12)19)17(5,6)9-7-8-16(2,3)4/h10-11,18-19H,7-9H2,1-6H3. The zero-order valence-corrected chi connectivity index (χ0v) is 13.2. The molecule has 2 nitrogen and oxygen atoms in total. The van der Waals surface area contributed by atoms with Crippen LogP contribution < -0.4 is 0 Å². The Morgan fingerprint density at radius 3 is 1.79 bits per heavy atom. The van der Waals surface area contributed by atoms with Crippen molar-refractivity contribution >= 4 is 0 Å². The molecule has 2 N–H and O–H groups in total. The van der Waals surface area contributed by atoms with Gasteiger partial charge in [0.2, 0.25) is 0 Å². The fourth-order valence-electron chi connectivity index (χ4n) is 2.28. The third kappa shape index (κ3) is 4.45. The smallest absolute Gasteiger partial charge is 0.122 e. The lowest BCUT2D eigenvalue weighted by atomic mass is 9.77. The highest BCUT2D eigenvalue weighted by atomic mass is 16.3. The van der Waals surface area contributed by atoms with E-state index < -0.39 is 0 Å². The van der Waals surface area contributed by atoms with Crippen LogP contribution in [0.3, 0.4) is 0 Å². The maximum atomic E-state index is 9.84.